The molecular formula is C32H31ClF2N6O3. The van der Waals surface area contributed by atoms with Crippen molar-refractivity contribution >= 4 is 40.8 Å². The van der Waals surface area contributed by atoms with Crippen molar-refractivity contribution in [1.82, 2.24) is 15.3 Å². The first-order valence-electron chi connectivity index (χ1n) is 13.5. The molecule has 3 aromatic carbocycles. The van der Waals surface area contributed by atoms with Gasteiger partial charge in [0.25, 0.3) is 5.91 Å². The molecule has 0 spiro atoms. The highest BCUT2D eigenvalue weighted by Gasteiger charge is 2.25. The summed E-state index contributed by atoms with van der Waals surface area (Å²) in [5.41, 5.74) is 8.59. The van der Waals surface area contributed by atoms with E-state index in [9.17, 15) is 18.4 Å². The van der Waals surface area contributed by atoms with E-state index in [1.807, 2.05) is 0 Å². The summed E-state index contributed by atoms with van der Waals surface area (Å²) in [7, 11) is 0. The molecule has 4 aromatic rings. The number of nitrogens with zero attached hydrogens (tertiary/aromatic N) is 3. The molecule has 0 saturated heterocycles. The molecule has 1 aliphatic rings. The van der Waals surface area contributed by atoms with Gasteiger partial charge in [-0.15, -0.1) is 0 Å². The normalized spacial score (nSPS) is 12.4. The average Bonchev–Trinajstić information content (AvgIpc) is 3.14. The predicted octanol–water partition coefficient (Wildman–Crippen LogP) is 5.82. The van der Waals surface area contributed by atoms with Crippen LogP contribution in [0.2, 0.25) is 5.02 Å². The van der Waals surface area contributed by atoms with Crippen molar-refractivity contribution in [3.8, 4) is 11.3 Å². The number of esters is 1. The molecule has 228 valence electrons. The van der Waals surface area contributed by atoms with Crippen LogP contribution in [0.25, 0.3) is 11.3 Å². The van der Waals surface area contributed by atoms with Crippen LogP contribution in [0, 0.1) is 11.6 Å². The molecule has 4 N–H and O–H groups in total. The zero-order chi connectivity index (χ0) is 30.5. The summed E-state index contributed by atoms with van der Waals surface area (Å²) in [5.74, 6) is -2.21. The maximum atomic E-state index is 14.8. The summed E-state index contributed by atoms with van der Waals surface area (Å²) >= 11 is 6.29. The Balaban J connectivity index is 0.00000442. The number of nitrogens with two attached hydrogens (primary N) is 1. The van der Waals surface area contributed by atoms with Crippen LogP contribution in [-0.4, -0.2) is 46.7 Å². The summed E-state index contributed by atoms with van der Waals surface area (Å²) in [6.45, 7) is 2.17. The van der Waals surface area contributed by atoms with E-state index in [-0.39, 0.29) is 50.8 Å². The number of ether oxygens (including phenoxy) is 1. The smallest absolute Gasteiger partial charge is 0.328 e. The number of rotatable bonds is 9. The number of carbonyl (C=O) groups is 2. The summed E-state index contributed by atoms with van der Waals surface area (Å²) in [6, 6.07) is 14.3. The molecule has 5 rings (SSSR count). The molecule has 1 atom stereocenters. The van der Waals surface area contributed by atoms with Gasteiger partial charge in [0.1, 0.15) is 17.7 Å². The molecule has 1 aromatic heterocycles. The number of benzene rings is 3. The number of hydrogen-bond donors (Lipinski definition) is 3. The Bertz CT molecular complexity index is 1690. The Morgan fingerprint density at radius 2 is 1.80 bits per heavy atom. The summed E-state index contributed by atoms with van der Waals surface area (Å²) in [4.78, 5) is 38.5. The van der Waals surface area contributed by atoms with E-state index in [2.05, 4.69) is 20.6 Å². The monoisotopic (exact) mass is 620 g/mol. The maximum absolute atomic E-state index is 14.8. The number of anilines is 2. The maximum Gasteiger partial charge on any atom is 0.328 e. The van der Waals surface area contributed by atoms with Gasteiger partial charge in [-0.3, -0.25) is 9.79 Å². The number of aromatic nitrogens is 2. The minimum atomic E-state index is -0.847. The molecule has 2 heterocycles. The molecule has 1 aliphatic heterocycles. The van der Waals surface area contributed by atoms with Gasteiger partial charge in [0.2, 0.25) is 5.95 Å². The highest BCUT2D eigenvalue weighted by Crippen LogP contribution is 2.34. The van der Waals surface area contributed by atoms with Crippen LogP contribution >= 0.6 is 11.6 Å². The van der Waals surface area contributed by atoms with Crippen molar-refractivity contribution < 1.29 is 23.1 Å². The van der Waals surface area contributed by atoms with E-state index in [1.54, 1.807) is 55.6 Å². The fourth-order valence-corrected chi connectivity index (χ4v) is 4.83. The van der Waals surface area contributed by atoms with E-state index < -0.39 is 29.6 Å². The summed E-state index contributed by atoms with van der Waals surface area (Å²) in [5, 5.41) is 6.14. The third-order valence-corrected chi connectivity index (χ3v) is 6.93. The van der Waals surface area contributed by atoms with Crippen molar-refractivity contribution in [2.24, 2.45) is 10.7 Å². The zero-order valence-corrected chi connectivity index (χ0v) is 23.8. The first-order chi connectivity index (χ1) is 20.8. The molecule has 9 nitrogen and oxygen atoms in total. The number of hydrogen-bond acceptors (Lipinski definition) is 8. The Labute approximate surface area is 258 Å². The topological polar surface area (TPSA) is 132 Å². The summed E-state index contributed by atoms with van der Waals surface area (Å²) in [6.07, 6.45) is 1.85. The van der Waals surface area contributed by atoms with E-state index in [4.69, 9.17) is 27.1 Å². The largest absolute Gasteiger partial charge is 0.464 e. The van der Waals surface area contributed by atoms with Crippen LogP contribution in [0.15, 0.2) is 71.9 Å². The standard InChI is InChI=1S/C31H27ClF2N6O3.CH4/c1-2-43-30(42)25(12-13-35)39-29(41)17-6-9-20(10-7-17)38-31-37-16-18-15-36-28(26-23(33)4-3-5-24(26)34)22-14-19(32)8-11-21(22)27(18)40-31;/h3-11,14,16,25H,2,12-13,15,35H2,1H3,(H,39,41)(H,37,38,40);1H4/t25-;/m1./s1. The highest BCUT2D eigenvalue weighted by molar-refractivity contribution is 6.31. The van der Waals surface area contributed by atoms with Crippen molar-refractivity contribution in [3.63, 3.8) is 0 Å². The lowest BCUT2D eigenvalue weighted by Crippen LogP contribution is -2.43. The Hall–Kier alpha value is -4.74. The molecular weight excluding hydrogens is 590 g/mol. The second kappa shape index (κ2) is 14.2. The van der Waals surface area contributed by atoms with Crippen LogP contribution < -0.4 is 16.4 Å². The molecule has 0 unspecified atom stereocenters. The van der Waals surface area contributed by atoms with Crippen LogP contribution in [0.4, 0.5) is 20.4 Å². The number of nitrogens with one attached hydrogen (secondary N) is 2. The van der Waals surface area contributed by atoms with Crippen LogP contribution in [-0.2, 0) is 16.1 Å². The molecule has 1 amide bonds. The lowest BCUT2D eigenvalue weighted by Gasteiger charge is -2.16. The molecule has 0 bridgehead atoms. The second-order valence-electron chi connectivity index (χ2n) is 9.58. The number of aliphatic imine (C=N–C) groups is 1. The fraction of sp³-hybridized carbons (Fsp3) is 0.219. The van der Waals surface area contributed by atoms with Crippen LogP contribution in [0.5, 0.6) is 0 Å². The molecule has 0 aliphatic carbocycles. The molecule has 44 heavy (non-hydrogen) atoms. The van der Waals surface area contributed by atoms with Gasteiger partial charge in [-0.05, 0) is 68.4 Å². The lowest BCUT2D eigenvalue weighted by atomic mass is 9.95. The minimum absolute atomic E-state index is 0. The minimum Gasteiger partial charge on any atom is -0.464 e. The van der Waals surface area contributed by atoms with E-state index in [1.165, 1.54) is 18.2 Å². The number of fused-ring (bicyclic) bond motifs is 3. The third kappa shape index (κ3) is 6.90. The molecule has 0 fully saturated rings. The van der Waals surface area contributed by atoms with E-state index in [0.717, 1.165) is 0 Å². The predicted molar refractivity (Wildman–Crippen MR) is 166 cm³/mol. The van der Waals surface area contributed by atoms with Gasteiger partial charge in [0.05, 0.1) is 30.1 Å². The summed E-state index contributed by atoms with van der Waals surface area (Å²) < 4.78 is 34.6. The number of carbonyl (C=O) groups excluding carboxylic acids is 2. The van der Waals surface area contributed by atoms with E-state index >= 15 is 0 Å². The Kier molecular flexibility index (Phi) is 10.4. The van der Waals surface area contributed by atoms with Crippen molar-refractivity contribution in [2.45, 2.75) is 33.4 Å². The zero-order valence-electron chi connectivity index (χ0n) is 23.0. The van der Waals surface area contributed by atoms with Gasteiger partial charge in [-0.1, -0.05) is 31.2 Å². The van der Waals surface area contributed by atoms with E-state index in [0.29, 0.717) is 38.7 Å². The lowest BCUT2D eigenvalue weighted by molar-refractivity contribution is -0.145. The van der Waals surface area contributed by atoms with Crippen molar-refractivity contribution in [3.05, 3.63) is 106 Å². The van der Waals surface area contributed by atoms with Crippen LogP contribution in [0.3, 0.4) is 0 Å². The van der Waals surface area contributed by atoms with Crippen LogP contribution in [0.1, 0.15) is 47.8 Å². The van der Waals surface area contributed by atoms with Gasteiger partial charge < -0.3 is 21.1 Å². The van der Waals surface area contributed by atoms with Gasteiger partial charge in [-0.2, -0.15) is 0 Å². The average molecular weight is 621 g/mol. The van der Waals surface area contributed by atoms with Gasteiger partial charge in [0, 0.05) is 39.2 Å². The molecule has 12 heteroatoms. The Morgan fingerprint density at radius 1 is 1.07 bits per heavy atom. The fourth-order valence-electron chi connectivity index (χ4n) is 4.66. The number of amides is 1. The SMILES string of the molecule is C.CCOC(=O)[C@@H](CCN)NC(=O)c1ccc(Nc2ncc3c(n2)-c2ccc(Cl)cc2C(c2c(F)cccc2F)=NC3)cc1. The second-order valence-corrected chi connectivity index (χ2v) is 10.0. The molecule has 0 radical (unpaired) electrons. The highest BCUT2D eigenvalue weighted by atomic mass is 35.5. The Morgan fingerprint density at radius 3 is 2.48 bits per heavy atom. The first-order valence-corrected chi connectivity index (χ1v) is 13.9. The number of halogens is 3. The first kappa shape index (κ1) is 32.2. The third-order valence-electron chi connectivity index (χ3n) is 6.70. The van der Waals surface area contributed by atoms with Crippen molar-refractivity contribution in [2.75, 3.05) is 18.5 Å². The van der Waals surface area contributed by atoms with Crippen molar-refractivity contribution in [1.29, 1.82) is 0 Å². The quantitative estimate of drug-likeness (QED) is 0.201. The van der Waals surface area contributed by atoms with Gasteiger partial charge >= 0.3 is 5.97 Å². The van der Waals surface area contributed by atoms with Gasteiger partial charge in [-0.25, -0.2) is 23.5 Å². The van der Waals surface area contributed by atoms with Gasteiger partial charge in [0.15, 0.2) is 0 Å². The molecule has 0 saturated carbocycles.